The fourth-order valence-electron chi connectivity index (χ4n) is 2.79. The number of para-hydroxylation sites is 1. The molecule has 11 heteroatoms. The van der Waals surface area contributed by atoms with Crippen molar-refractivity contribution in [3.8, 4) is 5.75 Å². The molecule has 0 unspecified atom stereocenters. The first-order chi connectivity index (χ1) is 15.5. The monoisotopic (exact) mass is 498 g/mol. The highest BCUT2D eigenvalue weighted by molar-refractivity contribution is 7.92. The molecule has 0 aromatic heterocycles. The number of ether oxygens (including phenoxy) is 1. The van der Waals surface area contributed by atoms with Crippen LogP contribution in [0.25, 0.3) is 0 Å². The van der Waals surface area contributed by atoms with Crippen molar-refractivity contribution in [2.45, 2.75) is 11.1 Å². The van der Waals surface area contributed by atoms with Gasteiger partial charge in [0.05, 0.1) is 16.3 Å². The standard InChI is InChI=1S/C22H18ClF3N2O4S/c1-28(17-5-3-2-4-6-17)33(30,31)18-10-7-15(8-11-18)21(29)27-19-13-16(23)9-12-20(19)32-14-22(24,25)26/h2-13H,14H2,1H3,(H,27,29). The predicted octanol–water partition coefficient (Wildman–Crippen LogP) is 5.36. The number of nitrogens with one attached hydrogen (secondary N) is 1. The maximum absolute atomic E-state index is 12.8. The van der Waals surface area contributed by atoms with Crippen LogP contribution in [0.4, 0.5) is 24.5 Å². The lowest BCUT2D eigenvalue weighted by Gasteiger charge is -2.19. The van der Waals surface area contributed by atoms with Gasteiger partial charge in [0.1, 0.15) is 5.75 Å². The molecule has 3 aromatic rings. The lowest BCUT2D eigenvalue weighted by atomic mass is 10.2. The van der Waals surface area contributed by atoms with Gasteiger partial charge in [-0.25, -0.2) is 8.42 Å². The van der Waals surface area contributed by atoms with E-state index < -0.39 is 28.7 Å². The van der Waals surface area contributed by atoms with Crippen molar-refractivity contribution in [3.05, 3.63) is 83.4 Å². The van der Waals surface area contributed by atoms with Gasteiger partial charge in [-0.15, -0.1) is 0 Å². The van der Waals surface area contributed by atoms with Gasteiger partial charge in [0, 0.05) is 17.6 Å². The van der Waals surface area contributed by atoms with Crippen molar-refractivity contribution in [1.82, 2.24) is 0 Å². The van der Waals surface area contributed by atoms with Gasteiger partial charge in [0.25, 0.3) is 15.9 Å². The third kappa shape index (κ3) is 6.17. The van der Waals surface area contributed by atoms with Crippen LogP contribution in [0.3, 0.4) is 0 Å². The number of rotatable bonds is 7. The number of nitrogens with zero attached hydrogens (tertiary/aromatic N) is 1. The average molecular weight is 499 g/mol. The molecule has 0 spiro atoms. The van der Waals surface area contributed by atoms with Gasteiger partial charge in [-0.05, 0) is 54.6 Å². The Balaban J connectivity index is 1.78. The molecule has 0 saturated carbocycles. The zero-order chi connectivity index (χ0) is 24.2. The molecule has 0 aliphatic heterocycles. The number of benzene rings is 3. The minimum atomic E-state index is -4.56. The van der Waals surface area contributed by atoms with Gasteiger partial charge < -0.3 is 10.1 Å². The molecule has 0 heterocycles. The van der Waals surface area contributed by atoms with Crippen LogP contribution in [0.1, 0.15) is 10.4 Å². The van der Waals surface area contributed by atoms with E-state index in [0.717, 1.165) is 4.31 Å². The van der Waals surface area contributed by atoms with Crippen molar-refractivity contribution in [3.63, 3.8) is 0 Å². The molecule has 1 N–H and O–H groups in total. The lowest BCUT2D eigenvalue weighted by Crippen LogP contribution is -2.26. The molecule has 0 saturated heterocycles. The Kier molecular flexibility index (Phi) is 7.19. The summed E-state index contributed by atoms with van der Waals surface area (Å²) in [6.07, 6.45) is -4.56. The number of anilines is 2. The van der Waals surface area contributed by atoms with E-state index in [2.05, 4.69) is 5.32 Å². The molecule has 174 valence electrons. The predicted molar refractivity (Wildman–Crippen MR) is 119 cm³/mol. The van der Waals surface area contributed by atoms with Gasteiger partial charge in [-0.1, -0.05) is 29.8 Å². The molecule has 3 aromatic carbocycles. The summed E-state index contributed by atoms with van der Waals surface area (Å²) in [5, 5.41) is 2.61. The van der Waals surface area contributed by atoms with Crippen LogP contribution >= 0.6 is 11.6 Å². The number of hydrogen-bond acceptors (Lipinski definition) is 4. The summed E-state index contributed by atoms with van der Waals surface area (Å²) in [6.45, 7) is -1.54. The second-order valence-corrected chi connectivity index (χ2v) is 9.24. The van der Waals surface area contributed by atoms with Crippen LogP contribution < -0.4 is 14.4 Å². The summed E-state index contributed by atoms with van der Waals surface area (Å²) < 4.78 is 69.0. The highest BCUT2D eigenvalue weighted by Gasteiger charge is 2.29. The van der Waals surface area contributed by atoms with Crippen LogP contribution in [-0.4, -0.2) is 34.2 Å². The number of amides is 1. The third-order valence-electron chi connectivity index (χ3n) is 4.48. The molecule has 6 nitrogen and oxygen atoms in total. The Morgan fingerprint density at radius 3 is 2.27 bits per heavy atom. The van der Waals surface area contributed by atoms with Crippen LogP contribution in [-0.2, 0) is 10.0 Å². The fraction of sp³-hybridized carbons (Fsp3) is 0.136. The number of hydrogen-bond donors (Lipinski definition) is 1. The first kappa shape index (κ1) is 24.4. The van der Waals surface area contributed by atoms with Gasteiger partial charge >= 0.3 is 6.18 Å². The van der Waals surface area contributed by atoms with Crippen molar-refractivity contribution in [1.29, 1.82) is 0 Å². The summed E-state index contributed by atoms with van der Waals surface area (Å²) in [6, 6.07) is 17.4. The Labute approximate surface area is 193 Å². The number of sulfonamides is 1. The number of halogens is 4. The molecule has 0 radical (unpaired) electrons. The Bertz CT molecular complexity index is 1230. The van der Waals surface area contributed by atoms with Gasteiger partial charge in [-0.3, -0.25) is 9.10 Å². The first-order valence-electron chi connectivity index (χ1n) is 9.42. The maximum atomic E-state index is 12.8. The lowest BCUT2D eigenvalue weighted by molar-refractivity contribution is -0.153. The van der Waals surface area contributed by atoms with Crippen LogP contribution in [0, 0.1) is 0 Å². The number of carbonyl (C=O) groups is 1. The van der Waals surface area contributed by atoms with Crippen molar-refractivity contribution < 1.29 is 31.1 Å². The molecule has 33 heavy (non-hydrogen) atoms. The van der Waals surface area contributed by atoms with E-state index in [0.29, 0.717) is 5.69 Å². The van der Waals surface area contributed by atoms with E-state index in [1.165, 1.54) is 49.5 Å². The largest absolute Gasteiger partial charge is 0.482 e. The molecule has 0 fully saturated rings. The smallest absolute Gasteiger partial charge is 0.422 e. The van der Waals surface area contributed by atoms with E-state index in [1.54, 1.807) is 30.3 Å². The summed E-state index contributed by atoms with van der Waals surface area (Å²) >= 11 is 5.89. The second-order valence-electron chi connectivity index (χ2n) is 6.83. The normalized spacial score (nSPS) is 11.7. The zero-order valence-corrected chi connectivity index (χ0v) is 18.7. The van der Waals surface area contributed by atoms with Gasteiger partial charge in [-0.2, -0.15) is 13.2 Å². The molecule has 3 rings (SSSR count). The van der Waals surface area contributed by atoms with E-state index in [9.17, 15) is 26.4 Å². The average Bonchev–Trinajstić information content (AvgIpc) is 2.78. The summed E-state index contributed by atoms with van der Waals surface area (Å²) in [5.74, 6) is -0.900. The van der Waals surface area contributed by atoms with E-state index in [1.807, 2.05) is 0 Å². The minimum absolute atomic E-state index is 0.0395. The number of alkyl halides is 3. The Morgan fingerprint density at radius 1 is 1.03 bits per heavy atom. The molecule has 0 aliphatic carbocycles. The first-order valence-corrected chi connectivity index (χ1v) is 11.2. The Morgan fingerprint density at radius 2 is 1.67 bits per heavy atom. The van der Waals surface area contributed by atoms with Crippen molar-refractivity contribution in [2.75, 3.05) is 23.3 Å². The maximum Gasteiger partial charge on any atom is 0.422 e. The van der Waals surface area contributed by atoms with Crippen molar-refractivity contribution in [2.24, 2.45) is 0 Å². The molecule has 0 atom stereocenters. The second kappa shape index (κ2) is 9.72. The third-order valence-corrected chi connectivity index (χ3v) is 6.51. The molecule has 0 bridgehead atoms. The highest BCUT2D eigenvalue weighted by atomic mass is 35.5. The molecule has 1 amide bonds. The van der Waals surface area contributed by atoms with Crippen LogP contribution in [0.5, 0.6) is 5.75 Å². The molecule has 0 aliphatic rings. The topological polar surface area (TPSA) is 75.7 Å². The SMILES string of the molecule is CN(c1ccccc1)S(=O)(=O)c1ccc(C(=O)Nc2cc(Cl)ccc2OCC(F)(F)F)cc1. The van der Waals surface area contributed by atoms with Crippen molar-refractivity contribution >= 4 is 38.9 Å². The summed E-state index contributed by atoms with van der Waals surface area (Å²) in [7, 11) is -2.46. The van der Waals surface area contributed by atoms with E-state index in [4.69, 9.17) is 16.3 Å². The summed E-state index contributed by atoms with van der Waals surface area (Å²) in [4.78, 5) is 12.6. The molecular formula is C22H18ClF3N2O4S. The van der Waals surface area contributed by atoms with E-state index in [-0.39, 0.29) is 26.9 Å². The van der Waals surface area contributed by atoms with Crippen LogP contribution in [0.2, 0.25) is 5.02 Å². The van der Waals surface area contributed by atoms with Gasteiger partial charge in [0.2, 0.25) is 0 Å². The van der Waals surface area contributed by atoms with E-state index >= 15 is 0 Å². The number of carbonyl (C=O) groups excluding carboxylic acids is 1. The quantitative estimate of drug-likeness (QED) is 0.476. The van der Waals surface area contributed by atoms with Gasteiger partial charge in [0.15, 0.2) is 6.61 Å². The fourth-order valence-corrected chi connectivity index (χ4v) is 4.16. The zero-order valence-electron chi connectivity index (χ0n) is 17.1. The highest BCUT2D eigenvalue weighted by Crippen LogP contribution is 2.30. The van der Waals surface area contributed by atoms with Crippen LogP contribution in [0.15, 0.2) is 77.7 Å². The molecular weight excluding hydrogens is 481 g/mol. The Hall–Kier alpha value is -3.24. The summed E-state index contributed by atoms with van der Waals surface area (Å²) in [5.41, 5.74) is 0.488. The minimum Gasteiger partial charge on any atom is -0.482 e.